The zero-order chi connectivity index (χ0) is 28.5. The van der Waals surface area contributed by atoms with Crippen molar-refractivity contribution in [2.24, 2.45) is 0 Å². The lowest BCUT2D eigenvalue weighted by Gasteiger charge is -2.13. The molecule has 0 bridgehead atoms. The van der Waals surface area contributed by atoms with Crippen LogP contribution >= 0.6 is 46.6 Å². The Hall–Kier alpha value is -3.75. The number of benzene rings is 4. The van der Waals surface area contributed by atoms with Gasteiger partial charge in [0.05, 0.1) is 16.5 Å². The Bertz CT molecular complexity index is 1540. The fourth-order valence-electron chi connectivity index (χ4n) is 3.47. The molecule has 0 unspecified atom stereocenters. The molecule has 0 heterocycles. The quantitative estimate of drug-likeness (QED) is 0.133. The molecule has 10 heteroatoms. The van der Waals surface area contributed by atoms with Gasteiger partial charge in [-0.3, -0.25) is 14.4 Å². The summed E-state index contributed by atoms with van der Waals surface area (Å²) < 4.78 is 0. The van der Waals surface area contributed by atoms with Crippen molar-refractivity contribution in [2.45, 2.75) is 4.90 Å². The summed E-state index contributed by atoms with van der Waals surface area (Å²) in [7, 11) is 0. The molecule has 0 aliphatic rings. The van der Waals surface area contributed by atoms with E-state index in [1.165, 1.54) is 17.8 Å². The summed E-state index contributed by atoms with van der Waals surface area (Å²) >= 11 is 20.0. The van der Waals surface area contributed by atoms with E-state index in [0.717, 1.165) is 4.90 Å². The molecular formula is C30H22Cl3N3O3S. The Morgan fingerprint density at radius 2 is 1.32 bits per heavy atom. The first-order chi connectivity index (χ1) is 19.3. The smallest absolute Gasteiger partial charge is 0.272 e. The molecule has 4 rings (SSSR count). The highest BCUT2D eigenvalue weighted by Gasteiger charge is 2.17. The molecule has 0 saturated heterocycles. The van der Waals surface area contributed by atoms with Gasteiger partial charge in [-0.15, -0.1) is 11.8 Å². The van der Waals surface area contributed by atoms with E-state index in [9.17, 15) is 14.4 Å². The number of hydrogen-bond acceptors (Lipinski definition) is 4. The van der Waals surface area contributed by atoms with Crippen molar-refractivity contribution in [3.05, 3.63) is 129 Å². The molecule has 3 N–H and O–H groups in total. The molecule has 0 fully saturated rings. The summed E-state index contributed by atoms with van der Waals surface area (Å²) in [6.45, 7) is 0. The Morgan fingerprint density at radius 1 is 0.700 bits per heavy atom. The second kappa shape index (κ2) is 14.1. The molecule has 0 aromatic heterocycles. The number of carbonyl (C=O) groups excluding carboxylic acids is 3. The van der Waals surface area contributed by atoms with Crippen molar-refractivity contribution in [1.29, 1.82) is 0 Å². The van der Waals surface area contributed by atoms with Crippen molar-refractivity contribution in [3.63, 3.8) is 0 Å². The largest absolute Gasteiger partial charge is 0.324 e. The van der Waals surface area contributed by atoms with Crippen LogP contribution in [0.5, 0.6) is 0 Å². The zero-order valence-corrected chi connectivity index (χ0v) is 23.9. The fraction of sp³-hybridized carbons (Fsp3) is 0.0333. The first-order valence-electron chi connectivity index (χ1n) is 11.9. The van der Waals surface area contributed by atoms with Gasteiger partial charge in [0.2, 0.25) is 5.91 Å². The van der Waals surface area contributed by atoms with Crippen LogP contribution in [0.15, 0.2) is 108 Å². The van der Waals surface area contributed by atoms with Gasteiger partial charge >= 0.3 is 0 Å². The number of para-hydroxylation sites is 1. The number of hydrogen-bond donors (Lipinski definition) is 3. The van der Waals surface area contributed by atoms with Crippen molar-refractivity contribution in [1.82, 2.24) is 5.32 Å². The molecule has 6 nitrogen and oxygen atoms in total. The Morgan fingerprint density at radius 3 is 2.00 bits per heavy atom. The van der Waals surface area contributed by atoms with E-state index >= 15 is 0 Å². The molecule has 4 aromatic rings. The maximum atomic E-state index is 13.3. The van der Waals surface area contributed by atoms with E-state index in [1.807, 2.05) is 0 Å². The maximum Gasteiger partial charge on any atom is 0.272 e. The highest BCUT2D eigenvalue weighted by Crippen LogP contribution is 2.27. The number of thioether (sulfide) groups is 1. The van der Waals surface area contributed by atoms with Gasteiger partial charge < -0.3 is 16.0 Å². The number of rotatable bonds is 9. The van der Waals surface area contributed by atoms with E-state index in [-0.39, 0.29) is 17.4 Å². The van der Waals surface area contributed by atoms with Crippen molar-refractivity contribution in [3.8, 4) is 0 Å². The highest BCUT2D eigenvalue weighted by molar-refractivity contribution is 8.00. The van der Waals surface area contributed by atoms with Crippen LogP contribution in [-0.4, -0.2) is 23.5 Å². The predicted molar refractivity (Wildman–Crippen MR) is 164 cm³/mol. The molecule has 202 valence electrons. The first kappa shape index (κ1) is 29.2. The average molecular weight is 611 g/mol. The molecule has 3 amide bonds. The molecule has 40 heavy (non-hydrogen) atoms. The second-order valence-electron chi connectivity index (χ2n) is 8.31. The van der Waals surface area contributed by atoms with Crippen LogP contribution in [0, 0.1) is 0 Å². The van der Waals surface area contributed by atoms with Gasteiger partial charge in [0, 0.05) is 31.8 Å². The summed E-state index contributed by atoms with van der Waals surface area (Å²) in [5, 5.41) is 9.33. The maximum absolute atomic E-state index is 13.3. The van der Waals surface area contributed by atoms with Crippen LogP contribution in [0.2, 0.25) is 15.1 Å². The minimum Gasteiger partial charge on any atom is -0.324 e. The van der Waals surface area contributed by atoms with E-state index in [2.05, 4.69) is 16.0 Å². The molecule has 0 aliphatic carbocycles. The second-order valence-corrected chi connectivity index (χ2v) is 10.6. The van der Waals surface area contributed by atoms with E-state index in [0.29, 0.717) is 37.6 Å². The van der Waals surface area contributed by atoms with E-state index in [4.69, 9.17) is 34.8 Å². The SMILES string of the molecule is O=C(CSc1ccc(NC(=O)/C(=C/c2c(Cl)cccc2Cl)NC(=O)c2ccccc2)cc1)Nc1ccccc1Cl. The average Bonchev–Trinajstić information content (AvgIpc) is 2.95. The lowest BCUT2D eigenvalue weighted by atomic mass is 10.1. The van der Waals surface area contributed by atoms with Gasteiger partial charge in [0.1, 0.15) is 5.70 Å². The van der Waals surface area contributed by atoms with Crippen LogP contribution in [0.4, 0.5) is 11.4 Å². The monoisotopic (exact) mass is 609 g/mol. The summed E-state index contributed by atoms with van der Waals surface area (Å²) in [5.74, 6) is -1.06. The van der Waals surface area contributed by atoms with Crippen molar-refractivity contribution < 1.29 is 14.4 Å². The van der Waals surface area contributed by atoms with Gasteiger partial charge in [-0.25, -0.2) is 0 Å². The Balaban J connectivity index is 1.44. The van der Waals surface area contributed by atoms with Crippen molar-refractivity contribution in [2.75, 3.05) is 16.4 Å². The topological polar surface area (TPSA) is 87.3 Å². The van der Waals surface area contributed by atoms with E-state index in [1.54, 1.807) is 97.1 Å². The minimum atomic E-state index is -0.570. The van der Waals surface area contributed by atoms with Gasteiger partial charge in [-0.2, -0.15) is 0 Å². The van der Waals surface area contributed by atoms with Crippen LogP contribution < -0.4 is 16.0 Å². The summed E-state index contributed by atoms with van der Waals surface area (Å²) in [6, 6.07) is 27.4. The third-order valence-corrected chi connectivity index (χ3v) is 7.45. The van der Waals surface area contributed by atoms with Gasteiger partial charge in [0.25, 0.3) is 11.8 Å². The van der Waals surface area contributed by atoms with E-state index < -0.39 is 11.8 Å². The Labute approximate surface area is 250 Å². The molecule has 0 saturated carbocycles. The molecule has 0 atom stereocenters. The number of halogens is 3. The standard InChI is InChI=1S/C30H22Cl3N3O3S/c31-23-10-6-11-24(32)22(23)17-27(36-29(38)19-7-2-1-3-8-19)30(39)34-20-13-15-21(16-14-20)40-18-28(37)35-26-12-5-4-9-25(26)33/h1-17H,18H2,(H,34,39)(H,35,37)(H,36,38)/b27-17-. The van der Waals surface area contributed by atoms with Crippen LogP contribution in [-0.2, 0) is 9.59 Å². The minimum absolute atomic E-state index is 0.0430. The predicted octanol–water partition coefficient (Wildman–Crippen LogP) is 7.79. The summed E-state index contributed by atoms with van der Waals surface area (Å²) in [4.78, 5) is 39.2. The Kier molecular flexibility index (Phi) is 10.3. The molecule has 0 radical (unpaired) electrons. The van der Waals surface area contributed by atoms with Gasteiger partial charge in [-0.05, 0) is 66.7 Å². The number of nitrogens with one attached hydrogen (secondary N) is 3. The number of carbonyl (C=O) groups is 3. The van der Waals surface area contributed by atoms with Crippen LogP contribution in [0.3, 0.4) is 0 Å². The zero-order valence-electron chi connectivity index (χ0n) is 20.8. The summed E-state index contributed by atoms with van der Waals surface area (Å²) in [5.41, 5.74) is 1.77. The van der Waals surface area contributed by atoms with Gasteiger partial charge in [0.15, 0.2) is 0 Å². The third-order valence-electron chi connectivity index (χ3n) is 5.45. The molecule has 0 aliphatic heterocycles. The van der Waals surface area contributed by atoms with Gasteiger partial charge in [-0.1, -0.05) is 71.2 Å². The highest BCUT2D eigenvalue weighted by atomic mass is 35.5. The molecular weight excluding hydrogens is 589 g/mol. The number of anilines is 2. The summed E-state index contributed by atoms with van der Waals surface area (Å²) in [6.07, 6.45) is 1.43. The third kappa shape index (κ3) is 8.13. The fourth-order valence-corrected chi connectivity index (χ4v) is 4.85. The first-order valence-corrected chi connectivity index (χ1v) is 14.0. The molecule has 0 spiro atoms. The lowest BCUT2D eigenvalue weighted by Crippen LogP contribution is -2.30. The number of amides is 3. The normalized spacial score (nSPS) is 11.0. The van der Waals surface area contributed by atoms with Crippen molar-refractivity contribution >= 4 is 81.7 Å². The lowest BCUT2D eigenvalue weighted by molar-refractivity contribution is -0.114. The molecule has 4 aromatic carbocycles. The van der Waals surface area contributed by atoms with Crippen LogP contribution in [0.25, 0.3) is 6.08 Å². The van der Waals surface area contributed by atoms with Crippen LogP contribution in [0.1, 0.15) is 15.9 Å².